The lowest BCUT2D eigenvalue weighted by atomic mass is 10.2. The minimum Gasteiger partial charge on any atom is -0.379 e. The van der Waals surface area contributed by atoms with Crippen LogP contribution in [0, 0.1) is 0 Å². The second-order valence-corrected chi connectivity index (χ2v) is 4.65. The number of aryl methyl sites for hydroxylation is 2. The van der Waals surface area contributed by atoms with Gasteiger partial charge in [0.1, 0.15) is 6.33 Å². The molecule has 0 amide bonds. The quantitative estimate of drug-likeness (QED) is 0.784. The Labute approximate surface area is 117 Å². The van der Waals surface area contributed by atoms with Gasteiger partial charge in [-0.25, -0.2) is 0 Å². The van der Waals surface area contributed by atoms with Gasteiger partial charge in [-0.05, 0) is 18.2 Å². The van der Waals surface area contributed by atoms with E-state index < -0.39 is 0 Å². The molecule has 2 heterocycles. The normalized spacial score (nSPS) is 10.7. The fraction of sp³-hybridized carbons (Fsp3) is 0.214. The molecule has 2 aromatic heterocycles. The van der Waals surface area contributed by atoms with E-state index in [9.17, 15) is 0 Å². The maximum Gasteiger partial charge on any atom is 0.163 e. The minimum atomic E-state index is 0.735. The first-order chi connectivity index (χ1) is 9.74. The molecule has 0 atom stereocenters. The Bertz CT molecular complexity index is 712. The van der Waals surface area contributed by atoms with Gasteiger partial charge in [0.25, 0.3) is 0 Å². The van der Waals surface area contributed by atoms with Crippen LogP contribution in [0.1, 0.15) is 5.69 Å². The zero-order valence-electron chi connectivity index (χ0n) is 11.5. The molecule has 0 spiro atoms. The second kappa shape index (κ2) is 5.16. The Morgan fingerprint density at radius 1 is 1.20 bits per heavy atom. The SMILES string of the molecule is Cn1cnnc1-c1cccc(NCc2ccnn2C)c1. The van der Waals surface area contributed by atoms with Gasteiger partial charge in [0, 0.05) is 31.5 Å². The van der Waals surface area contributed by atoms with Crippen LogP contribution in [-0.4, -0.2) is 24.5 Å². The van der Waals surface area contributed by atoms with Gasteiger partial charge in [0.15, 0.2) is 5.82 Å². The molecule has 20 heavy (non-hydrogen) atoms. The van der Waals surface area contributed by atoms with Crippen LogP contribution in [0.3, 0.4) is 0 Å². The first-order valence-corrected chi connectivity index (χ1v) is 6.39. The fourth-order valence-electron chi connectivity index (χ4n) is 2.08. The molecule has 0 fully saturated rings. The largest absolute Gasteiger partial charge is 0.379 e. The number of nitrogens with zero attached hydrogens (tertiary/aromatic N) is 5. The second-order valence-electron chi connectivity index (χ2n) is 4.65. The molecule has 102 valence electrons. The summed E-state index contributed by atoms with van der Waals surface area (Å²) in [6, 6.07) is 10.1. The van der Waals surface area contributed by atoms with E-state index in [1.165, 1.54) is 0 Å². The molecule has 1 aromatic carbocycles. The highest BCUT2D eigenvalue weighted by Gasteiger charge is 2.05. The molecular weight excluding hydrogens is 252 g/mol. The summed E-state index contributed by atoms with van der Waals surface area (Å²) in [4.78, 5) is 0. The third kappa shape index (κ3) is 2.40. The van der Waals surface area contributed by atoms with Crippen molar-refractivity contribution in [2.45, 2.75) is 6.54 Å². The monoisotopic (exact) mass is 268 g/mol. The van der Waals surface area contributed by atoms with E-state index in [-0.39, 0.29) is 0 Å². The molecule has 1 N–H and O–H groups in total. The van der Waals surface area contributed by atoms with Crippen molar-refractivity contribution in [1.29, 1.82) is 0 Å². The van der Waals surface area contributed by atoms with Gasteiger partial charge in [-0.15, -0.1) is 10.2 Å². The lowest BCUT2D eigenvalue weighted by Crippen LogP contribution is -2.05. The van der Waals surface area contributed by atoms with E-state index in [2.05, 4.69) is 26.7 Å². The fourth-order valence-corrected chi connectivity index (χ4v) is 2.08. The highest BCUT2D eigenvalue weighted by atomic mass is 15.3. The van der Waals surface area contributed by atoms with Crippen LogP contribution in [0.25, 0.3) is 11.4 Å². The first kappa shape index (κ1) is 12.4. The lowest BCUT2D eigenvalue weighted by molar-refractivity contribution is 0.720. The van der Waals surface area contributed by atoms with Crippen LogP contribution in [0.5, 0.6) is 0 Å². The molecule has 0 aliphatic heterocycles. The smallest absolute Gasteiger partial charge is 0.163 e. The Morgan fingerprint density at radius 3 is 2.80 bits per heavy atom. The molecule has 0 bridgehead atoms. The van der Waals surface area contributed by atoms with Gasteiger partial charge >= 0.3 is 0 Å². The Hall–Kier alpha value is -2.63. The molecule has 0 aliphatic rings. The standard InChI is InChI=1S/C14H16N6/c1-19-10-16-18-14(19)11-4-3-5-12(8-11)15-9-13-6-7-17-20(13)2/h3-8,10,15H,9H2,1-2H3. The Morgan fingerprint density at radius 2 is 2.10 bits per heavy atom. The third-order valence-corrected chi connectivity index (χ3v) is 3.23. The average molecular weight is 268 g/mol. The van der Waals surface area contributed by atoms with Crippen LogP contribution >= 0.6 is 0 Å². The molecule has 0 saturated heterocycles. The molecule has 3 rings (SSSR count). The zero-order chi connectivity index (χ0) is 13.9. The molecular formula is C14H16N6. The number of hydrogen-bond donors (Lipinski definition) is 1. The van der Waals surface area contributed by atoms with E-state index >= 15 is 0 Å². The van der Waals surface area contributed by atoms with Crippen LogP contribution < -0.4 is 5.32 Å². The van der Waals surface area contributed by atoms with Gasteiger partial charge in [0.05, 0.1) is 12.2 Å². The van der Waals surface area contributed by atoms with Crippen LogP contribution in [-0.2, 0) is 20.6 Å². The van der Waals surface area contributed by atoms with Crippen molar-refractivity contribution >= 4 is 5.69 Å². The van der Waals surface area contributed by atoms with Crippen LogP contribution in [0.4, 0.5) is 5.69 Å². The Kier molecular flexibility index (Phi) is 3.20. The summed E-state index contributed by atoms with van der Waals surface area (Å²) in [6.45, 7) is 0.735. The number of rotatable bonds is 4. The predicted octanol–water partition coefficient (Wildman–Crippen LogP) is 1.83. The number of benzene rings is 1. The van der Waals surface area contributed by atoms with E-state index in [1.54, 1.807) is 12.5 Å². The predicted molar refractivity (Wildman–Crippen MR) is 77.0 cm³/mol. The molecule has 0 unspecified atom stereocenters. The van der Waals surface area contributed by atoms with Gasteiger partial charge in [-0.1, -0.05) is 12.1 Å². The number of anilines is 1. The molecule has 3 aromatic rings. The Balaban J connectivity index is 1.78. The van der Waals surface area contributed by atoms with Crippen molar-refractivity contribution in [2.75, 3.05) is 5.32 Å². The topological polar surface area (TPSA) is 60.6 Å². The number of hydrogen-bond acceptors (Lipinski definition) is 4. The molecule has 0 radical (unpaired) electrons. The summed E-state index contributed by atoms with van der Waals surface area (Å²) in [5.41, 5.74) is 3.22. The number of aromatic nitrogens is 5. The van der Waals surface area contributed by atoms with Gasteiger partial charge in [0.2, 0.25) is 0 Å². The minimum absolute atomic E-state index is 0.735. The first-order valence-electron chi connectivity index (χ1n) is 6.39. The average Bonchev–Trinajstić information content (AvgIpc) is 3.05. The summed E-state index contributed by atoms with van der Waals surface area (Å²) < 4.78 is 3.76. The maximum atomic E-state index is 4.15. The third-order valence-electron chi connectivity index (χ3n) is 3.23. The summed E-state index contributed by atoms with van der Waals surface area (Å²) in [5, 5.41) is 15.6. The summed E-state index contributed by atoms with van der Waals surface area (Å²) in [5.74, 6) is 0.856. The van der Waals surface area contributed by atoms with Crippen molar-refractivity contribution in [1.82, 2.24) is 24.5 Å². The molecule has 6 heteroatoms. The summed E-state index contributed by atoms with van der Waals surface area (Å²) in [6.07, 6.45) is 3.50. The van der Waals surface area contributed by atoms with E-state index in [4.69, 9.17) is 0 Å². The van der Waals surface area contributed by atoms with Crippen LogP contribution in [0.15, 0.2) is 42.9 Å². The zero-order valence-corrected chi connectivity index (χ0v) is 11.5. The molecule has 0 saturated carbocycles. The molecule has 0 aliphatic carbocycles. The van der Waals surface area contributed by atoms with E-state index in [0.717, 1.165) is 29.3 Å². The molecule has 6 nitrogen and oxygen atoms in total. The van der Waals surface area contributed by atoms with Crippen LogP contribution in [0.2, 0.25) is 0 Å². The van der Waals surface area contributed by atoms with E-state index in [1.807, 2.05) is 47.6 Å². The van der Waals surface area contributed by atoms with Gasteiger partial charge < -0.3 is 9.88 Å². The highest BCUT2D eigenvalue weighted by molar-refractivity contribution is 5.62. The van der Waals surface area contributed by atoms with Crippen molar-refractivity contribution < 1.29 is 0 Å². The maximum absolute atomic E-state index is 4.15. The van der Waals surface area contributed by atoms with E-state index in [0.29, 0.717) is 0 Å². The van der Waals surface area contributed by atoms with Gasteiger partial charge in [-0.3, -0.25) is 4.68 Å². The highest BCUT2D eigenvalue weighted by Crippen LogP contribution is 2.20. The van der Waals surface area contributed by atoms with Crippen molar-refractivity contribution in [3.05, 3.63) is 48.5 Å². The van der Waals surface area contributed by atoms with Crippen molar-refractivity contribution in [3.8, 4) is 11.4 Å². The summed E-state index contributed by atoms with van der Waals surface area (Å²) in [7, 11) is 3.87. The lowest BCUT2D eigenvalue weighted by Gasteiger charge is -2.08. The van der Waals surface area contributed by atoms with Crippen molar-refractivity contribution in [3.63, 3.8) is 0 Å². The van der Waals surface area contributed by atoms with Crippen molar-refractivity contribution in [2.24, 2.45) is 14.1 Å². The number of nitrogens with one attached hydrogen (secondary N) is 1. The summed E-state index contributed by atoms with van der Waals surface area (Å²) >= 11 is 0. The van der Waals surface area contributed by atoms with Gasteiger partial charge in [-0.2, -0.15) is 5.10 Å².